The number of ether oxygens (including phenoxy) is 1. The third-order valence-electron chi connectivity index (χ3n) is 2.31. The van der Waals surface area contributed by atoms with E-state index in [9.17, 15) is 18.0 Å². The van der Waals surface area contributed by atoms with Crippen LogP contribution < -0.4 is 0 Å². The van der Waals surface area contributed by atoms with Gasteiger partial charge in [0.15, 0.2) is 0 Å². The molecule has 1 unspecified atom stereocenters. The molecule has 1 N–H and O–H groups in total. The van der Waals surface area contributed by atoms with E-state index in [1.54, 1.807) is 13.8 Å². The number of carbonyl (C=O) groups excluding carboxylic acids is 1. The lowest BCUT2D eigenvalue weighted by molar-refractivity contribution is -0.193. The Bertz CT molecular complexity index is 386. The Hall–Kier alpha value is -1.09. The summed E-state index contributed by atoms with van der Waals surface area (Å²) in [5, 5.41) is 8.75. The minimum Gasteiger partial charge on any atom is -0.459 e. The highest BCUT2D eigenvalue weighted by molar-refractivity contribution is 9.12. The first-order valence-electron chi connectivity index (χ1n) is 5.67. The number of hydrogen-bond acceptors (Lipinski definition) is 4. The maximum atomic E-state index is 12.6. The number of hydrazine groups is 1. The molecule has 20 heavy (non-hydrogen) atoms. The van der Waals surface area contributed by atoms with Crippen LogP contribution in [0.15, 0.2) is 10.7 Å². The fourth-order valence-electron chi connectivity index (χ4n) is 1.07. The summed E-state index contributed by atoms with van der Waals surface area (Å²) < 4.78 is 42.6. The number of carbonyl (C=O) groups is 1. The van der Waals surface area contributed by atoms with Crippen LogP contribution in [-0.2, 0) is 9.53 Å². The molecular weight excluding hydrogens is 343 g/mol. The first-order valence-corrected chi connectivity index (χ1v) is 6.46. The van der Waals surface area contributed by atoms with E-state index < -0.39 is 18.2 Å². The van der Waals surface area contributed by atoms with E-state index in [0.717, 1.165) is 30.2 Å². The van der Waals surface area contributed by atoms with Gasteiger partial charge < -0.3 is 4.74 Å². The number of esters is 1. The molecule has 0 aromatic carbocycles. The second-order valence-electron chi connectivity index (χ2n) is 4.23. The Kier molecular flexibility index (Phi) is 7.21. The zero-order valence-electron chi connectivity index (χ0n) is 11.5. The van der Waals surface area contributed by atoms with Gasteiger partial charge in [0.05, 0.1) is 6.10 Å². The minimum absolute atomic E-state index is 0.0871. The largest absolute Gasteiger partial charge is 0.459 e. The molecule has 0 heterocycles. The van der Waals surface area contributed by atoms with Crippen molar-refractivity contribution in [2.24, 2.45) is 0 Å². The molecule has 0 aliphatic rings. The zero-order chi connectivity index (χ0) is 16.1. The summed E-state index contributed by atoms with van der Waals surface area (Å²) in [6.07, 6.45) is -3.11. The lowest BCUT2D eigenvalue weighted by Gasteiger charge is -2.33. The SMILES string of the molecule is CC(C)OC(=O)/C(Br)=C\N(C=N)N(C)C(C)C(F)(F)F. The average molecular weight is 360 g/mol. The summed E-state index contributed by atoms with van der Waals surface area (Å²) in [6, 6.07) is -1.82. The van der Waals surface area contributed by atoms with E-state index in [2.05, 4.69) is 15.9 Å². The molecule has 1 atom stereocenters. The standard InChI is InChI=1S/C11H17BrF3N3O2/c1-7(2)20-10(19)9(12)5-18(6-16)17(4)8(3)11(13,14)15/h5-8,16H,1-4H3/b9-5+,16-6?. The predicted molar refractivity (Wildman–Crippen MR) is 72.1 cm³/mol. The summed E-state index contributed by atoms with van der Waals surface area (Å²) in [4.78, 5) is 11.5. The molecule has 0 rings (SSSR count). The number of halogens is 4. The molecule has 0 saturated heterocycles. The maximum absolute atomic E-state index is 12.6. The molecule has 0 fully saturated rings. The first-order chi connectivity index (χ1) is 9.00. The summed E-state index contributed by atoms with van der Waals surface area (Å²) in [7, 11) is 1.16. The van der Waals surface area contributed by atoms with E-state index in [4.69, 9.17) is 10.1 Å². The number of hydrogen-bond donors (Lipinski definition) is 1. The number of alkyl halides is 3. The quantitative estimate of drug-likeness (QED) is 0.260. The highest BCUT2D eigenvalue weighted by atomic mass is 79.9. The Morgan fingerprint density at radius 2 is 1.85 bits per heavy atom. The molecule has 5 nitrogen and oxygen atoms in total. The van der Waals surface area contributed by atoms with Crippen LogP contribution >= 0.6 is 15.9 Å². The van der Waals surface area contributed by atoms with Crippen LogP contribution in [0.2, 0.25) is 0 Å². The molecule has 0 aromatic heterocycles. The van der Waals surface area contributed by atoms with Gasteiger partial charge in [-0.3, -0.25) is 10.4 Å². The lowest BCUT2D eigenvalue weighted by atomic mass is 10.3. The highest BCUT2D eigenvalue weighted by Crippen LogP contribution is 2.24. The molecular formula is C11H17BrF3N3O2. The van der Waals surface area contributed by atoms with Gasteiger partial charge in [-0.25, -0.2) is 9.80 Å². The van der Waals surface area contributed by atoms with Gasteiger partial charge in [-0.05, 0) is 36.7 Å². The van der Waals surface area contributed by atoms with Crippen molar-refractivity contribution in [2.45, 2.75) is 39.1 Å². The highest BCUT2D eigenvalue weighted by Gasteiger charge is 2.40. The van der Waals surface area contributed by atoms with Gasteiger partial charge in [-0.15, -0.1) is 0 Å². The van der Waals surface area contributed by atoms with Crippen LogP contribution in [0.4, 0.5) is 13.2 Å². The maximum Gasteiger partial charge on any atom is 0.405 e. The van der Waals surface area contributed by atoms with Crippen LogP contribution in [0.5, 0.6) is 0 Å². The Balaban J connectivity index is 5.01. The van der Waals surface area contributed by atoms with Crippen LogP contribution in [0.25, 0.3) is 0 Å². The Morgan fingerprint density at radius 1 is 1.35 bits per heavy atom. The molecule has 116 valence electrons. The molecule has 0 spiro atoms. The molecule has 0 aliphatic carbocycles. The summed E-state index contributed by atoms with van der Waals surface area (Å²) in [6.45, 7) is 4.24. The van der Waals surface area contributed by atoms with Crippen molar-refractivity contribution in [3.05, 3.63) is 10.7 Å². The third-order valence-corrected chi connectivity index (χ3v) is 2.84. The Morgan fingerprint density at radius 3 is 2.20 bits per heavy atom. The topological polar surface area (TPSA) is 56.6 Å². The van der Waals surface area contributed by atoms with Crippen LogP contribution in [0.3, 0.4) is 0 Å². The summed E-state index contributed by atoms with van der Waals surface area (Å²) >= 11 is 2.91. The summed E-state index contributed by atoms with van der Waals surface area (Å²) in [5.41, 5.74) is 0. The van der Waals surface area contributed by atoms with E-state index in [0.29, 0.717) is 6.34 Å². The molecule has 0 bridgehead atoms. The van der Waals surface area contributed by atoms with Crippen molar-refractivity contribution in [3.8, 4) is 0 Å². The van der Waals surface area contributed by atoms with Gasteiger partial charge in [0.25, 0.3) is 0 Å². The lowest BCUT2D eigenvalue weighted by Crippen LogP contribution is -2.48. The average Bonchev–Trinajstić information content (AvgIpc) is 2.31. The van der Waals surface area contributed by atoms with Gasteiger partial charge in [0.1, 0.15) is 16.9 Å². The van der Waals surface area contributed by atoms with Crippen LogP contribution in [0, 0.1) is 5.41 Å². The van der Waals surface area contributed by atoms with Crippen molar-refractivity contribution in [1.82, 2.24) is 10.0 Å². The van der Waals surface area contributed by atoms with Gasteiger partial charge >= 0.3 is 12.1 Å². The monoisotopic (exact) mass is 359 g/mol. The van der Waals surface area contributed by atoms with Crippen molar-refractivity contribution < 1.29 is 22.7 Å². The zero-order valence-corrected chi connectivity index (χ0v) is 13.1. The third kappa shape index (κ3) is 5.91. The number of nitrogens with one attached hydrogen (secondary N) is 1. The van der Waals surface area contributed by atoms with Crippen LogP contribution in [0.1, 0.15) is 20.8 Å². The van der Waals surface area contributed by atoms with Gasteiger partial charge in [-0.2, -0.15) is 13.2 Å². The van der Waals surface area contributed by atoms with Crippen molar-refractivity contribution in [1.29, 1.82) is 5.41 Å². The van der Waals surface area contributed by atoms with E-state index in [1.807, 2.05) is 0 Å². The Labute approximate surface area is 124 Å². The first kappa shape index (κ1) is 18.9. The van der Waals surface area contributed by atoms with Gasteiger partial charge in [0.2, 0.25) is 0 Å². The molecule has 0 amide bonds. The normalized spacial score (nSPS) is 14.4. The fourth-order valence-corrected chi connectivity index (χ4v) is 1.37. The van der Waals surface area contributed by atoms with Gasteiger partial charge in [-0.1, -0.05) is 0 Å². The molecule has 0 saturated carbocycles. The fraction of sp³-hybridized carbons (Fsp3) is 0.636. The molecule has 0 radical (unpaired) electrons. The molecule has 0 aromatic rings. The van der Waals surface area contributed by atoms with Crippen molar-refractivity contribution >= 4 is 28.2 Å². The van der Waals surface area contributed by atoms with E-state index >= 15 is 0 Å². The number of rotatable bonds is 6. The van der Waals surface area contributed by atoms with Gasteiger partial charge in [0, 0.05) is 13.2 Å². The van der Waals surface area contributed by atoms with Crippen molar-refractivity contribution in [3.63, 3.8) is 0 Å². The smallest absolute Gasteiger partial charge is 0.405 e. The number of nitrogens with zero attached hydrogens (tertiary/aromatic N) is 2. The van der Waals surface area contributed by atoms with Crippen molar-refractivity contribution in [2.75, 3.05) is 7.05 Å². The second kappa shape index (κ2) is 7.63. The second-order valence-corrected chi connectivity index (χ2v) is 5.09. The summed E-state index contributed by atoms with van der Waals surface area (Å²) in [5.74, 6) is -0.722. The molecule has 9 heteroatoms. The minimum atomic E-state index is -4.45. The molecule has 0 aliphatic heterocycles. The van der Waals surface area contributed by atoms with E-state index in [1.165, 1.54) is 0 Å². The van der Waals surface area contributed by atoms with Crippen LogP contribution in [-0.4, -0.2) is 47.7 Å². The van der Waals surface area contributed by atoms with E-state index in [-0.39, 0.29) is 10.6 Å². The predicted octanol–water partition coefficient (Wildman–Crippen LogP) is 2.88.